The molecule has 1 aliphatic heterocycles. The second kappa shape index (κ2) is 7.09. The van der Waals surface area contributed by atoms with Gasteiger partial charge < -0.3 is 15.1 Å². The molecule has 0 spiro atoms. The number of anilines is 3. The normalized spacial score (nSPS) is 15.2. The third kappa shape index (κ3) is 4.07. The zero-order chi connectivity index (χ0) is 17.9. The minimum atomic E-state index is 0.0462. The van der Waals surface area contributed by atoms with Crippen LogP contribution in [-0.2, 0) is 10.2 Å². The van der Waals surface area contributed by atoms with Gasteiger partial charge in [0.1, 0.15) is 18.0 Å². The van der Waals surface area contributed by atoms with Gasteiger partial charge in [-0.25, -0.2) is 9.97 Å². The van der Waals surface area contributed by atoms with Crippen LogP contribution in [0.4, 0.5) is 17.3 Å². The second-order valence-corrected chi connectivity index (χ2v) is 7.31. The highest BCUT2D eigenvalue weighted by molar-refractivity contribution is 5.64. The monoisotopic (exact) mass is 339 g/mol. The maximum atomic E-state index is 10.8. The van der Waals surface area contributed by atoms with Crippen molar-refractivity contribution in [3.05, 3.63) is 42.2 Å². The van der Waals surface area contributed by atoms with E-state index in [-0.39, 0.29) is 5.41 Å². The number of aromatic nitrogens is 2. The van der Waals surface area contributed by atoms with Gasteiger partial charge in [0.05, 0.1) is 0 Å². The minimum absolute atomic E-state index is 0.0462. The van der Waals surface area contributed by atoms with Crippen molar-refractivity contribution in [2.45, 2.75) is 26.2 Å². The Labute approximate surface area is 148 Å². The fraction of sp³-hybridized carbons (Fsp3) is 0.421. The molecule has 0 radical (unpaired) electrons. The average Bonchev–Trinajstić information content (AvgIpc) is 2.62. The summed E-state index contributed by atoms with van der Waals surface area (Å²) < 4.78 is 0. The van der Waals surface area contributed by atoms with Gasteiger partial charge in [0.15, 0.2) is 0 Å². The Morgan fingerprint density at radius 1 is 1.08 bits per heavy atom. The number of para-hydroxylation sites is 1. The Morgan fingerprint density at radius 2 is 1.80 bits per heavy atom. The van der Waals surface area contributed by atoms with Crippen LogP contribution in [-0.4, -0.2) is 47.5 Å². The van der Waals surface area contributed by atoms with Crippen molar-refractivity contribution in [1.82, 2.24) is 14.9 Å². The number of hydrogen-bond acceptors (Lipinski definition) is 5. The highest BCUT2D eigenvalue weighted by Gasteiger charge is 2.19. The number of amides is 1. The molecule has 1 amide bonds. The summed E-state index contributed by atoms with van der Waals surface area (Å²) in [6, 6.07) is 10.3. The molecule has 3 rings (SSSR count). The molecular weight excluding hydrogens is 314 g/mol. The highest BCUT2D eigenvalue weighted by Crippen LogP contribution is 2.31. The number of hydrogen-bond donors (Lipinski definition) is 1. The van der Waals surface area contributed by atoms with Gasteiger partial charge in [0, 0.05) is 37.9 Å². The van der Waals surface area contributed by atoms with E-state index in [9.17, 15) is 4.79 Å². The number of benzene rings is 1. The van der Waals surface area contributed by atoms with E-state index in [0.717, 1.165) is 49.9 Å². The van der Waals surface area contributed by atoms with E-state index in [1.54, 1.807) is 11.2 Å². The van der Waals surface area contributed by atoms with Gasteiger partial charge >= 0.3 is 0 Å². The largest absolute Gasteiger partial charge is 0.353 e. The molecule has 0 atom stereocenters. The van der Waals surface area contributed by atoms with Crippen LogP contribution in [0.2, 0.25) is 0 Å². The summed E-state index contributed by atoms with van der Waals surface area (Å²) in [4.78, 5) is 23.6. The summed E-state index contributed by atoms with van der Waals surface area (Å²) >= 11 is 0. The van der Waals surface area contributed by atoms with E-state index in [2.05, 4.69) is 59.2 Å². The number of carbonyl (C=O) groups is 1. The number of rotatable bonds is 4. The van der Waals surface area contributed by atoms with Gasteiger partial charge in [-0.15, -0.1) is 0 Å². The first-order chi connectivity index (χ1) is 12.0. The molecule has 2 heterocycles. The Bertz CT molecular complexity index is 733. The first-order valence-corrected chi connectivity index (χ1v) is 8.60. The molecule has 1 fully saturated rings. The zero-order valence-electron chi connectivity index (χ0n) is 15.1. The molecule has 2 aromatic rings. The Hall–Kier alpha value is -2.63. The van der Waals surface area contributed by atoms with E-state index in [1.165, 1.54) is 5.56 Å². The molecule has 0 saturated carbocycles. The van der Waals surface area contributed by atoms with Crippen LogP contribution in [0.5, 0.6) is 0 Å². The van der Waals surface area contributed by atoms with E-state index in [1.807, 2.05) is 12.1 Å². The second-order valence-electron chi connectivity index (χ2n) is 7.31. The first-order valence-electron chi connectivity index (χ1n) is 8.60. The molecule has 6 nitrogen and oxygen atoms in total. The van der Waals surface area contributed by atoms with Gasteiger partial charge in [-0.2, -0.15) is 0 Å². The topological polar surface area (TPSA) is 61.4 Å². The molecule has 1 aromatic carbocycles. The van der Waals surface area contributed by atoms with E-state index >= 15 is 0 Å². The van der Waals surface area contributed by atoms with Crippen molar-refractivity contribution < 1.29 is 4.79 Å². The molecule has 0 bridgehead atoms. The van der Waals surface area contributed by atoms with Crippen molar-refractivity contribution >= 4 is 23.7 Å². The number of nitrogens with zero attached hydrogens (tertiary/aromatic N) is 4. The summed E-state index contributed by atoms with van der Waals surface area (Å²) in [5.74, 6) is 1.66. The zero-order valence-corrected chi connectivity index (χ0v) is 15.1. The molecule has 1 saturated heterocycles. The van der Waals surface area contributed by atoms with Gasteiger partial charge in [0.2, 0.25) is 6.41 Å². The average molecular weight is 339 g/mol. The third-order valence-electron chi connectivity index (χ3n) is 4.44. The van der Waals surface area contributed by atoms with E-state index < -0.39 is 0 Å². The fourth-order valence-corrected chi connectivity index (χ4v) is 3.03. The quantitative estimate of drug-likeness (QED) is 0.868. The van der Waals surface area contributed by atoms with Crippen LogP contribution in [0.15, 0.2) is 36.7 Å². The lowest BCUT2D eigenvalue weighted by molar-refractivity contribution is -0.118. The summed E-state index contributed by atoms with van der Waals surface area (Å²) in [6.45, 7) is 9.62. The van der Waals surface area contributed by atoms with Gasteiger partial charge in [-0.1, -0.05) is 39.0 Å². The van der Waals surface area contributed by atoms with Crippen molar-refractivity contribution in [1.29, 1.82) is 0 Å². The summed E-state index contributed by atoms with van der Waals surface area (Å²) in [6.07, 6.45) is 2.50. The lowest BCUT2D eigenvalue weighted by Gasteiger charge is -2.33. The number of carbonyl (C=O) groups excluding carboxylic acids is 1. The van der Waals surface area contributed by atoms with Crippen molar-refractivity contribution in [3.8, 4) is 0 Å². The Balaban J connectivity index is 1.78. The van der Waals surface area contributed by atoms with Crippen LogP contribution in [0.25, 0.3) is 0 Å². The lowest BCUT2D eigenvalue weighted by Crippen LogP contribution is -2.46. The Kier molecular flexibility index (Phi) is 4.88. The van der Waals surface area contributed by atoms with E-state index in [4.69, 9.17) is 0 Å². The predicted molar refractivity (Wildman–Crippen MR) is 100 cm³/mol. The Morgan fingerprint density at radius 3 is 2.48 bits per heavy atom. The number of nitrogens with one attached hydrogen (secondary N) is 1. The molecule has 0 unspecified atom stereocenters. The summed E-state index contributed by atoms with van der Waals surface area (Å²) in [7, 11) is 0. The smallest absolute Gasteiger partial charge is 0.209 e. The maximum absolute atomic E-state index is 10.8. The van der Waals surface area contributed by atoms with Gasteiger partial charge in [0.25, 0.3) is 0 Å². The highest BCUT2D eigenvalue weighted by atomic mass is 16.1. The lowest BCUT2D eigenvalue weighted by atomic mass is 9.86. The van der Waals surface area contributed by atoms with Crippen LogP contribution in [0, 0.1) is 0 Å². The first kappa shape index (κ1) is 17.2. The van der Waals surface area contributed by atoms with Gasteiger partial charge in [-0.3, -0.25) is 4.79 Å². The predicted octanol–water partition coefficient (Wildman–Crippen LogP) is 2.80. The van der Waals surface area contributed by atoms with Gasteiger partial charge in [-0.05, 0) is 17.0 Å². The molecular formula is C19H25N5O. The minimum Gasteiger partial charge on any atom is -0.353 e. The SMILES string of the molecule is CC(C)(C)c1ccccc1Nc1cc(N2CCN(C=O)CC2)ncn1. The van der Waals surface area contributed by atoms with Crippen LogP contribution < -0.4 is 10.2 Å². The van der Waals surface area contributed by atoms with E-state index in [0.29, 0.717) is 0 Å². The molecule has 6 heteroatoms. The van der Waals surface area contributed by atoms with Crippen LogP contribution >= 0.6 is 0 Å². The third-order valence-corrected chi connectivity index (χ3v) is 4.44. The molecule has 1 aliphatic rings. The summed E-state index contributed by atoms with van der Waals surface area (Å²) in [5, 5.41) is 3.43. The molecule has 1 aromatic heterocycles. The fourth-order valence-electron chi connectivity index (χ4n) is 3.03. The molecule has 25 heavy (non-hydrogen) atoms. The van der Waals surface area contributed by atoms with Crippen molar-refractivity contribution in [2.75, 3.05) is 36.4 Å². The summed E-state index contributed by atoms with van der Waals surface area (Å²) in [5.41, 5.74) is 2.35. The standard InChI is InChI=1S/C19H25N5O/c1-19(2,3)15-6-4-5-7-16(15)22-17-12-18(21-13-20-17)24-10-8-23(14-25)9-11-24/h4-7,12-14H,8-11H2,1-3H3,(H,20,21,22). The number of piperazine rings is 1. The maximum Gasteiger partial charge on any atom is 0.209 e. The van der Waals surface area contributed by atoms with Crippen LogP contribution in [0.3, 0.4) is 0 Å². The molecule has 132 valence electrons. The van der Waals surface area contributed by atoms with Crippen molar-refractivity contribution in [3.63, 3.8) is 0 Å². The molecule has 1 N–H and O–H groups in total. The van der Waals surface area contributed by atoms with Crippen LogP contribution in [0.1, 0.15) is 26.3 Å². The molecule has 0 aliphatic carbocycles. The van der Waals surface area contributed by atoms with Crippen molar-refractivity contribution in [2.24, 2.45) is 0 Å².